The van der Waals surface area contributed by atoms with Crippen molar-refractivity contribution >= 4 is 26.5 Å². The van der Waals surface area contributed by atoms with E-state index in [0.29, 0.717) is 9.94 Å². The van der Waals surface area contributed by atoms with Gasteiger partial charge < -0.3 is 0 Å². The third-order valence-corrected chi connectivity index (χ3v) is 4.18. The van der Waals surface area contributed by atoms with Crippen molar-refractivity contribution < 1.29 is 8.42 Å². The van der Waals surface area contributed by atoms with Crippen molar-refractivity contribution in [2.75, 3.05) is 6.26 Å². The van der Waals surface area contributed by atoms with Gasteiger partial charge in [-0.05, 0) is 11.5 Å². The van der Waals surface area contributed by atoms with Gasteiger partial charge in [0, 0.05) is 6.26 Å². The first-order valence-corrected chi connectivity index (χ1v) is 7.26. The zero-order valence-electron chi connectivity index (χ0n) is 9.57. The van der Waals surface area contributed by atoms with Gasteiger partial charge in [0.25, 0.3) is 0 Å². The molecule has 0 saturated carbocycles. The number of rotatable bonds is 3. The first-order chi connectivity index (χ1) is 7.34. The zero-order chi connectivity index (χ0) is 12.3. The monoisotopic (exact) mass is 258 g/mol. The molecule has 4 heteroatoms. The first-order valence-electron chi connectivity index (χ1n) is 4.99. The largest absolute Gasteiger partial charge is 0.224 e. The second-order valence-electron chi connectivity index (χ2n) is 3.97. The Bertz CT molecular complexity index is 487. The van der Waals surface area contributed by atoms with Crippen molar-refractivity contribution in [2.24, 2.45) is 5.92 Å². The Kier molecular flexibility index (Phi) is 4.16. The van der Waals surface area contributed by atoms with Crippen LogP contribution in [-0.4, -0.2) is 14.7 Å². The number of hydrogen-bond donors (Lipinski definition) is 0. The van der Waals surface area contributed by atoms with Crippen LogP contribution in [0, 0.1) is 5.92 Å². The molecule has 0 heterocycles. The second kappa shape index (κ2) is 5.02. The highest BCUT2D eigenvalue weighted by Crippen LogP contribution is 2.30. The van der Waals surface area contributed by atoms with E-state index in [0.717, 1.165) is 5.56 Å². The standard InChI is InChI=1S/C12H15ClO2S/c1-9(2)12(16(3,14)15)11(13)10-7-5-4-6-8-10/h4-9H,1-3H3. The lowest BCUT2D eigenvalue weighted by molar-refractivity contribution is 0.601. The third kappa shape index (κ3) is 3.09. The number of sulfone groups is 1. The second-order valence-corrected chi connectivity index (χ2v) is 6.33. The molecule has 0 saturated heterocycles. The van der Waals surface area contributed by atoms with Crippen LogP contribution >= 0.6 is 11.6 Å². The van der Waals surface area contributed by atoms with Gasteiger partial charge >= 0.3 is 0 Å². The summed E-state index contributed by atoms with van der Waals surface area (Å²) in [7, 11) is -3.26. The van der Waals surface area contributed by atoms with Crippen molar-refractivity contribution in [1.29, 1.82) is 0 Å². The molecule has 2 nitrogen and oxygen atoms in total. The average Bonchev–Trinajstić information content (AvgIpc) is 2.16. The van der Waals surface area contributed by atoms with Crippen molar-refractivity contribution in [2.45, 2.75) is 13.8 Å². The van der Waals surface area contributed by atoms with E-state index in [9.17, 15) is 8.42 Å². The quantitative estimate of drug-likeness (QED) is 0.834. The molecule has 0 N–H and O–H groups in total. The van der Waals surface area contributed by atoms with E-state index in [1.54, 1.807) is 12.1 Å². The lowest BCUT2D eigenvalue weighted by atomic mass is 10.1. The van der Waals surface area contributed by atoms with Crippen LogP contribution in [0.4, 0.5) is 0 Å². The van der Waals surface area contributed by atoms with E-state index in [2.05, 4.69) is 0 Å². The van der Waals surface area contributed by atoms with Crippen LogP contribution < -0.4 is 0 Å². The van der Waals surface area contributed by atoms with Gasteiger partial charge in [-0.1, -0.05) is 55.8 Å². The maximum Gasteiger partial charge on any atom is 0.173 e. The van der Waals surface area contributed by atoms with Gasteiger partial charge in [-0.3, -0.25) is 0 Å². The molecule has 0 aliphatic rings. The highest BCUT2D eigenvalue weighted by molar-refractivity contribution is 7.94. The molecule has 16 heavy (non-hydrogen) atoms. The summed E-state index contributed by atoms with van der Waals surface area (Å²) in [4.78, 5) is 0.292. The Morgan fingerprint density at radius 3 is 2.06 bits per heavy atom. The van der Waals surface area contributed by atoms with Gasteiger partial charge in [-0.15, -0.1) is 0 Å². The Labute approximate surface area is 102 Å². The summed E-state index contributed by atoms with van der Waals surface area (Å²) in [6.07, 6.45) is 1.19. The van der Waals surface area contributed by atoms with Crippen LogP contribution in [-0.2, 0) is 9.84 Å². The molecule has 1 rings (SSSR count). The molecule has 0 amide bonds. The molecule has 0 unspecified atom stereocenters. The van der Waals surface area contributed by atoms with E-state index < -0.39 is 9.84 Å². The minimum atomic E-state index is -3.26. The van der Waals surface area contributed by atoms with Crippen LogP contribution in [0.5, 0.6) is 0 Å². The predicted molar refractivity (Wildman–Crippen MR) is 68.9 cm³/mol. The van der Waals surface area contributed by atoms with Crippen molar-refractivity contribution in [3.05, 3.63) is 40.8 Å². The zero-order valence-corrected chi connectivity index (χ0v) is 11.1. The highest BCUT2D eigenvalue weighted by atomic mass is 35.5. The molecule has 0 spiro atoms. The lowest BCUT2D eigenvalue weighted by Gasteiger charge is -2.12. The summed E-state index contributed by atoms with van der Waals surface area (Å²) >= 11 is 6.15. The summed E-state index contributed by atoms with van der Waals surface area (Å²) < 4.78 is 23.3. The van der Waals surface area contributed by atoms with Crippen LogP contribution in [0.15, 0.2) is 35.2 Å². The molecule has 1 aromatic rings. The van der Waals surface area contributed by atoms with Gasteiger partial charge in [0.1, 0.15) is 0 Å². The van der Waals surface area contributed by atoms with Gasteiger partial charge in [-0.25, -0.2) is 8.42 Å². The van der Waals surface area contributed by atoms with Crippen molar-refractivity contribution in [1.82, 2.24) is 0 Å². The van der Waals surface area contributed by atoms with Gasteiger partial charge in [0.05, 0.1) is 9.94 Å². The summed E-state index contributed by atoms with van der Waals surface area (Å²) in [5.74, 6) is -0.122. The van der Waals surface area contributed by atoms with E-state index >= 15 is 0 Å². The summed E-state index contributed by atoms with van der Waals surface area (Å²) in [6, 6.07) is 9.13. The smallest absolute Gasteiger partial charge is 0.173 e. The van der Waals surface area contributed by atoms with Crippen molar-refractivity contribution in [3.63, 3.8) is 0 Å². The molecule has 1 aromatic carbocycles. The minimum Gasteiger partial charge on any atom is -0.224 e. The maximum absolute atomic E-state index is 11.6. The molecular weight excluding hydrogens is 244 g/mol. The molecule has 0 fully saturated rings. The Morgan fingerprint density at radius 1 is 1.19 bits per heavy atom. The van der Waals surface area contributed by atoms with E-state index in [1.165, 1.54) is 6.26 Å². The fourth-order valence-corrected chi connectivity index (χ4v) is 3.64. The van der Waals surface area contributed by atoms with E-state index in [-0.39, 0.29) is 5.92 Å². The van der Waals surface area contributed by atoms with Gasteiger partial charge in [0.15, 0.2) is 9.84 Å². The number of allylic oxidation sites excluding steroid dienone is 1. The summed E-state index contributed by atoms with van der Waals surface area (Å²) in [5.41, 5.74) is 0.735. The molecule has 0 atom stereocenters. The van der Waals surface area contributed by atoms with Crippen molar-refractivity contribution in [3.8, 4) is 0 Å². The molecule has 0 radical (unpaired) electrons. The summed E-state index contributed by atoms with van der Waals surface area (Å²) in [6.45, 7) is 3.64. The number of benzene rings is 1. The Balaban J connectivity index is 3.41. The third-order valence-electron chi connectivity index (χ3n) is 2.17. The van der Waals surface area contributed by atoms with Gasteiger partial charge in [-0.2, -0.15) is 0 Å². The molecular formula is C12H15ClO2S. The van der Waals surface area contributed by atoms with Crippen LogP contribution in [0.3, 0.4) is 0 Å². The molecule has 0 aliphatic carbocycles. The predicted octanol–water partition coefficient (Wildman–Crippen LogP) is 3.29. The normalized spacial score (nSPS) is 13.8. The first kappa shape index (κ1) is 13.3. The molecule has 0 aliphatic heterocycles. The van der Waals surface area contributed by atoms with E-state index in [4.69, 9.17) is 11.6 Å². The number of hydrogen-bond acceptors (Lipinski definition) is 2. The molecule has 88 valence electrons. The van der Waals surface area contributed by atoms with Crippen LogP contribution in [0.25, 0.3) is 5.03 Å². The fourth-order valence-electron chi connectivity index (χ4n) is 1.57. The lowest BCUT2D eigenvalue weighted by Crippen LogP contribution is -2.08. The van der Waals surface area contributed by atoms with E-state index in [1.807, 2.05) is 32.0 Å². The fraction of sp³-hybridized carbons (Fsp3) is 0.333. The van der Waals surface area contributed by atoms with Crippen LogP contribution in [0.2, 0.25) is 0 Å². The van der Waals surface area contributed by atoms with Crippen LogP contribution in [0.1, 0.15) is 19.4 Å². The minimum absolute atomic E-state index is 0.122. The Morgan fingerprint density at radius 2 is 1.69 bits per heavy atom. The SMILES string of the molecule is CC(C)C(=C(Cl)c1ccccc1)S(C)(=O)=O. The van der Waals surface area contributed by atoms with Gasteiger partial charge in [0.2, 0.25) is 0 Å². The Hall–Kier alpha value is -0.800. The average molecular weight is 259 g/mol. The number of halogens is 1. The highest BCUT2D eigenvalue weighted by Gasteiger charge is 2.20. The summed E-state index contributed by atoms with van der Waals surface area (Å²) in [5, 5.41) is 0.318. The topological polar surface area (TPSA) is 34.1 Å². The molecule has 0 bridgehead atoms. The molecule has 0 aromatic heterocycles. The maximum atomic E-state index is 11.6.